The lowest BCUT2D eigenvalue weighted by Gasteiger charge is -2.29. The molecule has 0 radical (unpaired) electrons. The summed E-state index contributed by atoms with van der Waals surface area (Å²) in [6, 6.07) is 8.92. The van der Waals surface area contributed by atoms with Crippen molar-refractivity contribution in [3.63, 3.8) is 0 Å². The molecule has 1 saturated carbocycles. The Morgan fingerprint density at radius 2 is 1.95 bits per heavy atom. The van der Waals surface area contributed by atoms with Crippen LogP contribution in [0.2, 0.25) is 0 Å². The van der Waals surface area contributed by atoms with Crippen LogP contribution in [0.4, 0.5) is 5.69 Å². The van der Waals surface area contributed by atoms with Crippen LogP contribution < -0.4 is 10.6 Å². The molecular formula is C18H28N2O. The van der Waals surface area contributed by atoms with Gasteiger partial charge in [0, 0.05) is 18.3 Å². The minimum absolute atomic E-state index is 0.0938. The van der Waals surface area contributed by atoms with Crippen LogP contribution in [-0.2, 0) is 11.2 Å². The Labute approximate surface area is 128 Å². The Hall–Kier alpha value is -1.51. The predicted molar refractivity (Wildman–Crippen MR) is 88.5 cm³/mol. The molecule has 0 heterocycles. The highest BCUT2D eigenvalue weighted by Crippen LogP contribution is 2.28. The van der Waals surface area contributed by atoms with E-state index in [2.05, 4.69) is 41.8 Å². The van der Waals surface area contributed by atoms with Gasteiger partial charge in [-0.05, 0) is 43.4 Å². The predicted octanol–water partition coefficient (Wildman–Crippen LogP) is 3.75. The van der Waals surface area contributed by atoms with E-state index in [9.17, 15) is 4.79 Å². The Morgan fingerprint density at radius 3 is 2.62 bits per heavy atom. The second-order valence-electron chi connectivity index (χ2n) is 6.11. The number of amides is 1. The fourth-order valence-corrected chi connectivity index (χ4v) is 3.19. The highest BCUT2D eigenvalue weighted by molar-refractivity contribution is 5.78. The van der Waals surface area contributed by atoms with E-state index >= 15 is 0 Å². The van der Waals surface area contributed by atoms with E-state index in [-0.39, 0.29) is 5.91 Å². The van der Waals surface area contributed by atoms with Gasteiger partial charge in [0.05, 0.1) is 6.42 Å². The van der Waals surface area contributed by atoms with E-state index in [1.165, 1.54) is 37.8 Å². The van der Waals surface area contributed by atoms with E-state index in [0.717, 1.165) is 11.5 Å². The lowest BCUT2D eigenvalue weighted by atomic mass is 9.84. The van der Waals surface area contributed by atoms with Gasteiger partial charge in [-0.1, -0.05) is 38.3 Å². The van der Waals surface area contributed by atoms with Gasteiger partial charge < -0.3 is 10.6 Å². The minimum atomic E-state index is 0.0938. The summed E-state index contributed by atoms with van der Waals surface area (Å²) in [5.41, 5.74) is 2.25. The molecule has 2 atom stereocenters. The highest BCUT2D eigenvalue weighted by Gasteiger charge is 2.20. The zero-order valence-corrected chi connectivity index (χ0v) is 13.3. The number of hydrogen-bond acceptors (Lipinski definition) is 2. The summed E-state index contributed by atoms with van der Waals surface area (Å²) in [7, 11) is 0. The SMILES string of the molecule is CCNC(=O)Cc1ccc(NC2CCCC(CC)C2)cc1. The lowest BCUT2D eigenvalue weighted by molar-refractivity contribution is -0.120. The molecule has 2 N–H and O–H groups in total. The van der Waals surface area contributed by atoms with Gasteiger partial charge in [-0.2, -0.15) is 0 Å². The van der Waals surface area contributed by atoms with Crippen LogP contribution in [-0.4, -0.2) is 18.5 Å². The first-order valence-electron chi connectivity index (χ1n) is 8.33. The molecule has 0 spiro atoms. The molecule has 0 aliphatic heterocycles. The molecule has 0 saturated heterocycles. The molecule has 2 unspecified atom stereocenters. The zero-order valence-electron chi connectivity index (χ0n) is 13.3. The number of rotatable bonds is 6. The van der Waals surface area contributed by atoms with Crippen molar-refractivity contribution in [2.24, 2.45) is 5.92 Å². The monoisotopic (exact) mass is 288 g/mol. The summed E-state index contributed by atoms with van der Waals surface area (Å²) in [5.74, 6) is 0.976. The number of nitrogens with one attached hydrogen (secondary N) is 2. The van der Waals surface area contributed by atoms with E-state index in [1.807, 2.05) is 6.92 Å². The standard InChI is InChI=1S/C18H28N2O/c1-3-14-6-5-7-17(12-14)20-16-10-8-15(9-11-16)13-18(21)19-4-2/h8-11,14,17,20H,3-7,12-13H2,1-2H3,(H,19,21). The van der Waals surface area contributed by atoms with Crippen molar-refractivity contribution in [1.82, 2.24) is 5.32 Å². The second-order valence-corrected chi connectivity index (χ2v) is 6.11. The van der Waals surface area contributed by atoms with Gasteiger partial charge in [0.25, 0.3) is 0 Å². The first-order chi connectivity index (χ1) is 10.2. The quantitative estimate of drug-likeness (QED) is 0.837. The first-order valence-corrected chi connectivity index (χ1v) is 8.33. The van der Waals surface area contributed by atoms with Crippen molar-refractivity contribution in [3.05, 3.63) is 29.8 Å². The van der Waals surface area contributed by atoms with Crippen LogP contribution in [0.5, 0.6) is 0 Å². The molecule has 3 nitrogen and oxygen atoms in total. The third-order valence-corrected chi connectivity index (χ3v) is 4.42. The summed E-state index contributed by atoms with van der Waals surface area (Å²) in [5, 5.41) is 6.48. The van der Waals surface area contributed by atoms with Gasteiger partial charge in [0.15, 0.2) is 0 Å². The molecule has 1 aliphatic rings. The molecule has 0 bridgehead atoms. The normalized spacial score (nSPS) is 21.8. The lowest BCUT2D eigenvalue weighted by Crippen LogP contribution is -2.27. The number of likely N-dealkylation sites (N-methyl/N-ethyl adjacent to an activating group) is 1. The van der Waals surface area contributed by atoms with Crippen LogP contribution in [0.25, 0.3) is 0 Å². The summed E-state index contributed by atoms with van der Waals surface area (Å²) in [4.78, 5) is 11.6. The molecule has 1 aromatic rings. The Bertz CT molecular complexity index is 441. The highest BCUT2D eigenvalue weighted by atomic mass is 16.1. The first kappa shape index (κ1) is 15.9. The van der Waals surface area contributed by atoms with E-state index in [1.54, 1.807) is 0 Å². The van der Waals surface area contributed by atoms with Crippen LogP contribution in [0.3, 0.4) is 0 Å². The van der Waals surface area contributed by atoms with Crippen molar-refractivity contribution in [1.29, 1.82) is 0 Å². The van der Waals surface area contributed by atoms with Crippen molar-refractivity contribution < 1.29 is 4.79 Å². The fraction of sp³-hybridized carbons (Fsp3) is 0.611. The smallest absolute Gasteiger partial charge is 0.224 e. The minimum Gasteiger partial charge on any atom is -0.382 e. The number of anilines is 1. The molecular weight excluding hydrogens is 260 g/mol. The Morgan fingerprint density at radius 1 is 1.19 bits per heavy atom. The van der Waals surface area contributed by atoms with Crippen molar-refractivity contribution in [2.75, 3.05) is 11.9 Å². The second kappa shape index (κ2) is 8.06. The van der Waals surface area contributed by atoms with E-state index < -0.39 is 0 Å². The van der Waals surface area contributed by atoms with E-state index in [4.69, 9.17) is 0 Å². The third kappa shape index (κ3) is 5.07. The molecule has 21 heavy (non-hydrogen) atoms. The Balaban J connectivity index is 1.85. The van der Waals surface area contributed by atoms with E-state index in [0.29, 0.717) is 19.0 Å². The van der Waals surface area contributed by atoms with Crippen LogP contribution in [0, 0.1) is 5.92 Å². The maximum atomic E-state index is 11.6. The molecule has 116 valence electrons. The largest absolute Gasteiger partial charge is 0.382 e. The van der Waals surface area contributed by atoms with Crippen molar-refractivity contribution >= 4 is 11.6 Å². The zero-order chi connectivity index (χ0) is 15.1. The molecule has 1 aliphatic carbocycles. The average molecular weight is 288 g/mol. The maximum Gasteiger partial charge on any atom is 0.224 e. The van der Waals surface area contributed by atoms with Crippen molar-refractivity contribution in [2.45, 2.75) is 58.4 Å². The van der Waals surface area contributed by atoms with Gasteiger partial charge in [-0.25, -0.2) is 0 Å². The Kier molecular flexibility index (Phi) is 6.09. The summed E-state index contributed by atoms with van der Waals surface area (Å²) in [6.45, 7) is 4.93. The molecule has 3 heteroatoms. The number of carbonyl (C=O) groups excluding carboxylic acids is 1. The van der Waals surface area contributed by atoms with Gasteiger partial charge in [-0.3, -0.25) is 4.79 Å². The van der Waals surface area contributed by atoms with Crippen molar-refractivity contribution in [3.8, 4) is 0 Å². The molecule has 1 aromatic carbocycles. The van der Waals surface area contributed by atoms with Gasteiger partial charge >= 0.3 is 0 Å². The summed E-state index contributed by atoms with van der Waals surface area (Å²) >= 11 is 0. The van der Waals surface area contributed by atoms with Gasteiger partial charge in [-0.15, -0.1) is 0 Å². The summed E-state index contributed by atoms with van der Waals surface area (Å²) in [6.07, 6.45) is 7.05. The maximum absolute atomic E-state index is 11.6. The third-order valence-electron chi connectivity index (χ3n) is 4.42. The number of benzene rings is 1. The summed E-state index contributed by atoms with van der Waals surface area (Å²) < 4.78 is 0. The van der Waals surface area contributed by atoms with Crippen LogP contribution in [0.1, 0.15) is 51.5 Å². The van der Waals surface area contributed by atoms with Crippen LogP contribution >= 0.6 is 0 Å². The molecule has 1 amide bonds. The fourth-order valence-electron chi connectivity index (χ4n) is 3.19. The number of hydrogen-bond donors (Lipinski definition) is 2. The molecule has 1 fully saturated rings. The van der Waals surface area contributed by atoms with Gasteiger partial charge in [0.2, 0.25) is 5.91 Å². The molecule has 2 rings (SSSR count). The molecule has 0 aromatic heterocycles. The van der Waals surface area contributed by atoms with Crippen LogP contribution in [0.15, 0.2) is 24.3 Å². The number of carbonyl (C=O) groups is 1. The average Bonchev–Trinajstić information content (AvgIpc) is 2.50. The van der Waals surface area contributed by atoms with Gasteiger partial charge in [0.1, 0.15) is 0 Å². The topological polar surface area (TPSA) is 41.1 Å².